The summed E-state index contributed by atoms with van der Waals surface area (Å²) < 4.78 is 4.91. The summed E-state index contributed by atoms with van der Waals surface area (Å²) in [6.45, 7) is 0.902. The highest BCUT2D eigenvalue weighted by molar-refractivity contribution is 5.77. The van der Waals surface area contributed by atoms with Gasteiger partial charge in [0.2, 0.25) is 0 Å². The van der Waals surface area contributed by atoms with Crippen LogP contribution < -0.4 is 0 Å². The quantitative estimate of drug-likeness (QED) is 0.853. The standard InChI is InChI=1S/C15H20N2O4/c1-16(12-8-9-17(10-12)15(19)20)13(14(18)21-2)11-6-4-3-5-7-11/h3-7,12-13H,8-10H2,1-2H3,(H,19,20)/t12?,13-/m1/s1. The number of benzene rings is 1. The Hall–Kier alpha value is -2.08. The number of carboxylic acid groups (broad SMARTS) is 1. The third kappa shape index (κ3) is 3.33. The summed E-state index contributed by atoms with van der Waals surface area (Å²) in [4.78, 5) is 26.4. The van der Waals surface area contributed by atoms with Gasteiger partial charge in [-0.1, -0.05) is 30.3 Å². The predicted octanol–water partition coefficient (Wildman–Crippen LogP) is 1.58. The molecule has 21 heavy (non-hydrogen) atoms. The highest BCUT2D eigenvalue weighted by Gasteiger charge is 2.35. The maximum atomic E-state index is 12.1. The summed E-state index contributed by atoms with van der Waals surface area (Å²) in [6.07, 6.45) is -0.205. The van der Waals surface area contributed by atoms with Crippen LogP contribution in [0.15, 0.2) is 30.3 Å². The molecule has 1 fully saturated rings. The van der Waals surface area contributed by atoms with Crippen molar-refractivity contribution in [3.05, 3.63) is 35.9 Å². The zero-order valence-electron chi connectivity index (χ0n) is 12.2. The van der Waals surface area contributed by atoms with E-state index in [-0.39, 0.29) is 12.0 Å². The normalized spacial score (nSPS) is 19.6. The van der Waals surface area contributed by atoms with Crippen molar-refractivity contribution in [1.82, 2.24) is 9.80 Å². The molecule has 2 rings (SSSR count). The van der Waals surface area contributed by atoms with Crippen molar-refractivity contribution in [2.75, 3.05) is 27.2 Å². The van der Waals surface area contributed by atoms with Gasteiger partial charge in [-0.05, 0) is 19.0 Å². The number of carbonyl (C=O) groups is 2. The van der Waals surface area contributed by atoms with Crippen LogP contribution in [0.25, 0.3) is 0 Å². The van der Waals surface area contributed by atoms with Gasteiger partial charge in [0.05, 0.1) is 7.11 Å². The molecule has 0 aliphatic carbocycles. The van der Waals surface area contributed by atoms with Gasteiger partial charge in [0, 0.05) is 19.1 Å². The van der Waals surface area contributed by atoms with Crippen molar-refractivity contribution >= 4 is 12.1 Å². The largest absolute Gasteiger partial charge is 0.468 e. The molecule has 1 amide bonds. The number of nitrogens with zero attached hydrogens (tertiary/aromatic N) is 2. The topological polar surface area (TPSA) is 70.1 Å². The van der Waals surface area contributed by atoms with Crippen LogP contribution in [0.2, 0.25) is 0 Å². The van der Waals surface area contributed by atoms with Gasteiger partial charge in [-0.25, -0.2) is 9.59 Å². The van der Waals surface area contributed by atoms with E-state index in [1.807, 2.05) is 42.3 Å². The number of ether oxygens (including phenoxy) is 1. The van der Waals surface area contributed by atoms with E-state index < -0.39 is 12.1 Å². The van der Waals surface area contributed by atoms with Gasteiger partial charge in [-0.2, -0.15) is 0 Å². The summed E-state index contributed by atoms with van der Waals surface area (Å²) in [5, 5.41) is 9.04. The Morgan fingerprint density at radius 2 is 2.05 bits per heavy atom. The number of amides is 1. The van der Waals surface area contributed by atoms with E-state index in [1.165, 1.54) is 12.0 Å². The number of carbonyl (C=O) groups excluding carboxylic acids is 1. The average molecular weight is 292 g/mol. The fourth-order valence-corrected chi connectivity index (χ4v) is 2.74. The van der Waals surface area contributed by atoms with E-state index in [0.717, 1.165) is 5.56 Å². The van der Waals surface area contributed by atoms with E-state index in [1.54, 1.807) is 0 Å². The molecular formula is C15H20N2O4. The van der Waals surface area contributed by atoms with Crippen LogP contribution in [0.5, 0.6) is 0 Å². The summed E-state index contributed by atoms with van der Waals surface area (Å²) in [6, 6.07) is 8.87. The third-order valence-electron chi connectivity index (χ3n) is 3.96. The van der Waals surface area contributed by atoms with E-state index in [0.29, 0.717) is 19.5 Å². The molecule has 0 aromatic heterocycles. The Balaban J connectivity index is 2.18. The number of likely N-dealkylation sites (N-methyl/N-ethyl adjacent to an activating group) is 1. The maximum absolute atomic E-state index is 12.1. The highest BCUT2D eigenvalue weighted by atomic mass is 16.5. The molecule has 6 nitrogen and oxygen atoms in total. The van der Waals surface area contributed by atoms with E-state index in [9.17, 15) is 9.59 Å². The molecule has 0 saturated carbocycles. The Morgan fingerprint density at radius 1 is 1.38 bits per heavy atom. The average Bonchev–Trinajstić information content (AvgIpc) is 2.98. The molecule has 1 aromatic carbocycles. The second-order valence-corrected chi connectivity index (χ2v) is 5.17. The van der Waals surface area contributed by atoms with Crippen LogP contribution in [-0.2, 0) is 9.53 Å². The highest BCUT2D eigenvalue weighted by Crippen LogP contribution is 2.26. The fourth-order valence-electron chi connectivity index (χ4n) is 2.74. The van der Waals surface area contributed by atoms with Crippen LogP contribution in [0.4, 0.5) is 4.79 Å². The molecule has 1 saturated heterocycles. The Bertz CT molecular complexity index is 506. The SMILES string of the molecule is COC(=O)[C@@H](c1ccccc1)N(C)C1CCN(C(=O)O)C1. The van der Waals surface area contributed by atoms with Crippen molar-refractivity contribution < 1.29 is 19.4 Å². The van der Waals surface area contributed by atoms with Crippen molar-refractivity contribution in [3.63, 3.8) is 0 Å². The minimum Gasteiger partial charge on any atom is -0.468 e. The molecule has 0 spiro atoms. The van der Waals surface area contributed by atoms with Gasteiger partial charge >= 0.3 is 12.1 Å². The number of hydrogen-bond donors (Lipinski definition) is 1. The van der Waals surface area contributed by atoms with Crippen LogP contribution in [-0.4, -0.2) is 60.3 Å². The van der Waals surface area contributed by atoms with Crippen LogP contribution in [0.1, 0.15) is 18.0 Å². The molecule has 1 aliphatic rings. The van der Waals surface area contributed by atoms with Crippen molar-refractivity contribution in [3.8, 4) is 0 Å². The van der Waals surface area contributed by atoms with Gasteiger partial charge in [-0.3, -0.25) is 4.90 Å². The first kappa shape index (κ1) is 15.3. The minimum absolute atomic E-state index is 0.00501. The number of hydrogen-bond acceptors (Lipinski definition) is 4. The lowest BCUT2D eigenvalue weighted by atomic mass is 10.0. The molecular weight excluding hydrogens is 272 g/mol. The van der Waals surface area contributed by atoms with Crippen LogP contribution in [0, 0.1) is 0 Å². The Kier molecular flexibility index (Phi) is 4.80. The molecule has 114 valence electrons. The van der Waals surface area contributed by atoms with Crippen molar-refractivity contribution in [1.29, 1.82) is 0 Å². The Morgan fingerprint density at radius 3 is 2.57 bits per heavy atom. The summed E-state index contributed by atoms with van der Waals surface area (Å²) in [5.74, 6) is -0.336. The molecule has 1 aliphatic heterocycles. The molecule has 1 N–H and O–H groups in total. The first-order valence-corrected chi connectivity index (χ1v) is 6.87. The molecule has 2 atom stereocenters. The van der Waals surface area contributed by atoms with Gasteiger partial charge < -0.3 is 14.7 Å². The smallest absolute Gasteiger partial charge is 0.407 e. The van der Waals surface area contributed by atoms with Gasteiger partial charge in [0.1, 0.15) is 6.04 Å². The molecule has 6 heteroatoms. The fraction of sp³-hybridized carbons (Fsp3) is 0.467. The zero-order valence-corrected chi connectivity index (χ0v) is 12.2. The first-order chi connectivity index (χ1) is 10.0. The second kappa shape index (κ2) is 6.58. The number of methoxy groups -OCH3 is 1. The number of likely N-dealkylation sites (tertiary alicyclic amines) is 1. The number of esters is 1. The molecule has 1 aromatic rings. The molecule has 0 bridgehead atoms. The van der Waals surface area contributed by atoms with Gasteiger partial charge in [0.25, 0.3) is 0 Å². The second-order valence-electron chi connectivity index (χ2n) is 5.17. The van der Waals surface area contributed by atoms with Crippen LogP contribution >= 0.6 is 0 Å². The minimum atomic E-state index is -0.916. The lowest BCUT2D eigenvalue weighted by Gasteiger charge is -2.31. The predicted molar refractivity (Wildman–Crippen MR) is 77.0 cm³/mol. The molecule has 0 radical (unpaired) electrons. The molecule has 1 unspecified atom stereocenters. The van der Waals surface area contributed by atoms with E-state index in [2.05, 4.69) is 0 Å². The number of rotatable bonds is 4. The maximum Gasteiger partial charge on any atom is 0.407 e. The van der Waals surface area contributed by atoms with E-state index >= 15 is 0 Å². The summed E-state index contributed by atoms with van der Waals surface area (Å²) in [5.41, 5.74) is 0.848. The zero-order chi connectivity index (χ0) is 15.4. The van der Waals surface area contributed by atoms with Gasteiger partial charge in [-0.15, -0.1) is 0 Å². The van der Waals surface area contributed by atoms with Crippen molar-refractivity contribution in [2.45, 2.75) is 18.5 Å². The first-order valence-electron chi connectivity index (χ1n) is 6.87. The van der Waals surface area contributed by atoms with Crippen LogP contribution in [0.3, 0.4) is 0 Å². The van der Waals surface area contributed by atoms with E-state index in [4.69, 9.17) is 9.84 Å². The molecule has 1 heterocycles. The summed E-state index contributed by atoms with van der Waals surface area (Å²) in [7, 11) is 3.20. The monoisotopic (exact) mass is 292 g/mol. The third-order valence-corrected chi connectivity index (χ3v) is 3.96. The lowest BCUT2D eigenvalue weighted by molar-refractivity contribution is -0.147. The van der Waals surface area contributed by atoms with Gasteiger partial charge in [0.15, 0.2) is 0 Å². The summed E-state index contributed by atoms with van der Waals surface area (Å²) >= 11 is 0. The lowest BCUT2D eigenvalue weighted by Crippen LogP contribution is -2.41. The Labute approximate surface area is 123 Å². The van der Waals surface area contributed by atoms with Crippen molar-refractivity contribution in [2.24, 2.45) is 0 Å².